The van der Waals surface area contributed by atoms with Crippen LogP contribution in [0.25, 0.3) is 0 Å². The Morgan fingerprint density at radius 3 is 2.38 bits per heavy atom. The van der Waals surface area contributed by atoms with E-state index < -0.39 is 11.7 Å². The Balaban J connectivity index is 0.00000338. The molecule has 0 heterocycles. The van der Waals surface area contributed by atoms with Gasteiger partial charge in [-0.25, -0.2) is 0 Å². The maximum Gasteiger partial charge on any atom is 0.416 e. The van der Waals surface area contributed by atoms with Gasteiger partial charge in [-0.2, -0.15) is 13.2 Å². The van der Waals surface area contributed by atoms with Crippen molar-refractivity contribution in [2.24, 2.45) is 0 Å². The largest absolute Gasteiger partial charge is 0.486 e. The van der Waals surface area contributed by atoms with Crippen molar-refractivity contribution in [1.29, 1.82) is 0 Å². The Morgan fingerprint density at radius 2 is 1.81 bits per heavy atom. The zero-order valence-corrected chi connectivity index (χ0v) is 15.9. The minimum absolute atomic E-state index is 0. The van der Waals surface area contributed by atoms with E-state index in [1.165, 1.54) is 12.1 Å². The van der Waals surface area contributed by atoms with Gasteiger partial charge in [0.2, 0.25) is 0 Å². The van der Waals surface area contributed by atoms with E-state index in [-0.39, 0.29) is 18.5 Å². The zero-order valence-electron chi connectivity index (χ0n) is 14.4. The molecule has 1 N–H and O–H groups in total. The molecule has 0 bridgehead atoms. The molecule has 0 aliphatic carbocycles. The summed E-state index contributed by atoms with van der Waals surface area (Å²) in [6.45, 7) is 3.78. The van der Waals surface area contributed by atoms with Crippen LogP contribution in [0.5, 0.6) is 5.75 Å². The van der Waals surface area contributed by atoms with Gasteiger partial charge in [0.05, 0.1) is 5.56 Å². The van der Waals surface area contributed by atoms with Crippen LogP contribution in [0.3, 0.4) is 0 Å². The lowest BCUT2D eigenvalue weighted by atomic mass is 10.0. The third-order valence-electron chi connectivity index (χ3n) is 3.75. The topological polar surface area (TPSA) is 21.3 Å². The fourth-order valence-electron chi connectivity index (χ4n) is 2.48. The summed E-state index contributed by atoms with van der Waals surface area (Å²) in [6.07, 6.45) is -3.01. The van der Waals surface area contributed by atoms with E-state index in [0.717, 1.165) is 43.6 Å². The molecule has 0 radical (unpaired) electrons. The third-order valence-corrected chi connectivity index (χ3v) is 3.99. The minimum Gasteiger partial charge on any atom is -0.486 e. The first-order chi connectivity index (χ1) is 11.9. The lowest BCUT2D eigenvalue weighted by molar-refractivity contribution is -0.137. The molecule has 2 rings (SSSR count). The highest BCUT2D eigenvalue weighted by molar-refractivity contribution is 6.30. The van der Waals surface area contributed by atoms with Crippen LogP contribution < -0.4 is 10.1 Å². The molecule has 0 spiro atoms. The Bertz CT molecular complexity index is 663. The molecular formula is C19H22Cl2F3NO. The summed E-state index contributed by atoms with van der Waals surface area (Å²) < 4.78 is 44.0. The first-order valence-electron chi connectivity index (χ1n) is 8.20. The molecule has 0 amide bonds. The van der Waals surface area contributed by atoms with E-state index in [4.69, 9.17) is 16.3 Å². The summed E-state index contributed by atoms with van der Waals surface area (Å²) in [4.78, 5) is 0. The maximum absolute atomic E-state index is 12.7. The van der Waals surface area contributed by atoms with E-state index in [2.05, 4.69) is 5.32 Å². The van der Waals surface area contributed by atoms with Crippen LogP contribution >= 0.6 is 24.0 Å². The van der Waals surface area contributed by atoms with Crippen LogP contribution in [0.2, 0.25) is 5.02 Å². The fraction of sp³-hybridized carbons (Fsp3) is 0.368. The molecule has 2 aromatic rings. The fourth-order valence-corrected chi connectivity index (χ4v) is 2.68. The van der Waals surface area contributed by atoms with Crippen molar-refractivity contribution in [2.75, 3.05) is 13.1 Å². The van der Waals surface area contributed by atoms with Gasteiger partial charge in [0.15, 0.2) is 0 Å². The number of alkyl halides is 3. The lowest BCUT2D eigenvalue weighted by Gasteiger charge is -2.20. The first kappa shape index (κ1) is 22.6. The molecule has 7 heteroatoms. The Kier molecular flexibility index (Phi) is 9.27. The van der Waals surface area contributed by atoms with Crippen molar-refractivity contribution >= 4 is 24.0 Å². The number of halogens is 5. The van der Waals surface area contributed by atoms with E-state index in [1.807, 2.05) is 25.1 Å². The van der Waals surface area contributed by atoms with Gasteiger partial charge in [-0.05, 0) is 67.9 Å². The predicted molar refractivity (Wildman–Crippen MR) is 101 cm³/mol. The second-order valence-corrected chi connectivity index (χ2v) is 6.12. The minimum atomic E-state index is -4.35. The second kappa shape index (κ2) is 10.7. The van der Waals surface area contributed by atoms with Crippen LogP contribution in [-0.4, -0.2) is 13.1 Å². The van der Waals surface area contributed by atoms with Gasteiger partial charge in [0.1, 0.15) is 11.9 Å². The van der Waals surface area contributed by atoms with Gasteiger partial charge in [0, 0.05) is 5.02 Å². The van der Waals surface area contributed by atoms with Gasteiger partial charge in [-0.3, -0.25) is 0 Å². The SMILES string of the molecule is CCNCCCC(Oc1ccc(C(F)(F)F)cc1)c1cccc(Cl)c1.Cl. The molecule has 1 unspecified atom stereocenters. The highest BCUT2D eigenvalue weighted by Gasteiger charge is 2.30. The van der Waals surface area contributed by atoms with E-state index in [9.17, 15) is 13.2 Å². The van der Waals surface area contributed by atoms with Crippen molar-refractivity contribution in [3.63, 3.8) is 0 Å². The predicted octanol–water partition coefficient (Wildman–Crippen LogP) is 6.29. The molecule has 0 aliphatic heterocycles. The molecule has 0 fully saturated rings. The first-order valence-corrected chi connectivity index (χ1v) is 8.58. The van der Waals surface area contributed by atoms with Crippen molar-refractivity contribution in [3.8, 4) is 5.75 Å². The molecule has 0 saturated heterocycles. The molecule has 0 aromatic heterocycles. The standard InChI is InChI=1S/C19H21ClF3NO.ClH/c1-2-24-12-4-7-18(14-5-3-6-16(20)13-14)25-17-10-8-15(9-11-17)19(21,22)23;/h3,5-6,8-11,13,18,24H,2,4,7,12H2,1H3;1H. The van der Waals surface area contributed by atoms with Gasteiger partial charge in [0.25, 0.3) is 0 Å². The molecular weight excluding hydrogens is 386 g/mol. The van der Waals surface area contributed by atoms with Crippen molar-refractivity contribution in [3.05, 3.63) is 64.7 Å². The molecule has 2 aromatic carbocycles. The molecule has 2 nitrogen and oxygen atoms in total. The third kappa shape index (κ3) is 7.06. The molecule has 0 saturated carbocycles. The quantitative estimate of drug-likeness (QED) is 0.519. The van der Waals surface area contributed by atoms with Crippen LogP contribution in [0.4, 0.5) is 13.2 Å². The lowest BCUT2D eigenvalue weighted by Crippen LogP contribution is -2.16. The highest BCUT2D eigenvalue weighted by atomic mass is 35.5. The van der Waals surface area contributed by atoms with E-state index in [1.54, 1.807) is 6.07 Å². The van der Waals surface area contributed by atoms with E-state index >= 15 is 0 Å². The second-order valence-electron chi connectivity index (χ2n) is 5.68. The monoisotopic (exact) mass is 407 g/mol. The van der Waals surface area contributed by atoms with Gasteiger partial charge in [-0.1, -0.05) is 30.7 Å². The van der Waals surface area contributed by atoms with Crippen LogP contribution in [0, 0.1) is 0 Å². The number of nitrogens with one attached hydrogen (secondary N) is 1. The maximum atomic E-state index is 12.7. The van der Waals surface area contributed by atoms with E-state index in [0.29, 0.717) is 10.8 Å². The summed E-state index contributed by atoms with van der Waals surface area (Å²) >= 11 is 6.05. The number of rotatable bonds is 8. The number of hydrogen-bond acceptors (Lipinski definition) is 2. The summed E-state index contributed by atoms with van der Waals surface area (Å²) in [6, 6.07) is 12.1. The Morgan fingerprint density at radius 1 is 1.12 bits per heavy atom. The number of hydrogen-bond donors (Lipinski definition) is 1. The summed E-state index contributed by atoms with van der Waals surface area (Å²) in [5.74, 6) is 0.404. The van der Waals surface area contributed by atoms with Crippen LogP contribution in [0.1, 0.15) is 37.0 Å². The molecule has 26 heavy (non-hydrogen) atoms. The molecule has 1 atom stereocenters. The average Bonchev–Trinajstić information content (AvgIpc) is 2.57. The highest BCUT2D eigenvalue weighted by Crippen LogP contribution is 2.32. The Labute approximate surface area is 163 Å². The van der Waals surface area contributed by atoms with Gasteiger partial charge in [-0.15, -0.1) is 12.4 Å². The van der Waals surface area contributed by atoms with Crippen molar-refractivity contribution in [2.45, 2.75) is 32.0 Å². The van der Waals surface area contributed by atoms with Gasteiger partial charge < -0.3 is 10.1 Å². The molecule has 144 valence electrons. The number of benzene rings is 2. The van der Waals surface area contributed by atoms with Crippen molar-refractivity contribution in [1.82, 2.24) is 5.32 Å². The summed E-state index contributed by atoms with van der Waals surface area (Å²) in [7, 11) is 0. The van der Waals surface area contributed by atoms with Crippen molar-refractivity contribution < 1.29 is 17.9 Å². The summed E-state index contributed by atoms with van der Waals surface area (Å²) in [5, 5.41) is 3.85. The van der Waals surface area contributed by atoms with Crippen LogP contribution in [-0.2, 0) is 6.18 Å². The normalized spacial score (nSPS) is 12.3. The smallest absolute Gasteiger partial charge is 0.416 e. The summed E-state index contributed by atoms with van der Waals surface area (Å²) in [5.41, 5.74) is 0.218. The average molecular weight is 408 g/mol. The zero-order chi connectivity index (χ0) is 18.3. The molecule has 0 aliphatic rings. The Hall–Kier alpha value is -1.43. The van der Waals surface area contributed by atoms with Gasteiger partial charge >= 0.3 is 6.18 Å². The number of ether oxygens (including phenoxy) is 1. The van der Waals surface area contributed by atoms with Crippen LogP contribution in [0.15, 0.2) is 48.5 Å².